The Bertz CT molecular complexity index is 468. The fraction of sp³-hybridized carbons (Fsp3) is 0.429. The van der Waals surface area contributed by atoms with Crippen LogP contribution < -0.4 is 0 Å². The molecule has 1 rings (SSSR count). The van der Waals surface area contributed by atoms with E-state index >= 15 is 0 Å². The molecular weight excluding hydrogens is 275 g/mol. The molecule has 0 atom stereocenters. The second-order valence-electron chi connectivity index (χ2n) is 3.02. The monoisotopic (exact) mass is 278 g/mol. The van der Waals surface area contributed by atoms with Crippen LogP contribution in [0.5, 0.6) is 0 Å². The van der Waals surface area contributed by atoms with E-state index in [9.17, 15) is 26.7 Å². The van der Waals surface area contributed by atoms with E-state index in [2.05, 4.69) is 5.10 Å². The van der Waals surface area contributed by atoms with Crippen LogP contribution in [0.4, 0.5) is 22.0 Å². The van der Waals surface area contributed by atoms with Gasteiger partial charge in [0.2, 0.25) is 0 Å². The summed E-state index contributed by atoms with van der Waals surface area (Å²) >= 11 is 5.21. The van der Waals surface area contributed by atoms with Crippen LogP contribution in [0.25, 0.3) is 0 Å². The third-order valence-electron chi connectivity index (χ3n) is 1.83. The lowest BCUT2D eigenvalue weighted by Crippen LogP contribution is -2.28. The number of aromatic nitrogens is 2. The summed E-state index contributed by atoms with van der Waals surface area (Å²) in [7, 11) is 0.888. The average molecular weight is 279 g/mol. The second kappa shape index (κ2) is 3.83. The van der Waals surface area contributed by atoms with Crippen molar-refractivity contribution in [1.29, 1.82) is 0 Å². The van der Waals surface area contributed by atoms with Crippen molar-refractivity contribution in [1.82, 2.24) is 9.78 Å². The summed E-state index contributed by atoms with van der Waals surface area (Å²) in [5, 5.41) is 9.87. The molecule has 0 fully saturated rings. The highest BCUT2D eigenvalue weighted by molar-refractivity contribution is 6.30. The second-order valence-corrected chi connectivity index (χ2v) is 3.37. The van der Waals surface area contributed by atoms with Crippen molar-refractivity contribution in [2.45, 2.75) is 12.1 Å². The number of carbonyl (C=O) groups is 1. The fourth-order valence-corrected chi connectivity index (χ4v) is 1.33. The first-order valence-corrected chi connectivity index (χ1v) is 4.28. The van der Waals surface area contributed by atoms with E-state index in [4.69, 9.17) is 16.7 Å². The molecule has 0 aliphatic carbocycles. The molecule has 10 heteroatoms. The molecular formula is C7H4ClF5N2O2. The van der Waals surface area contributed by atoms with Gasteiger partial charge in [0.1, 0.15) is 10.7 Å². The summed E-state index contributed by atoms with van der Waals surface area (Å²) in [6.07, 6.45) is -5.22. The standard InChI is InChI=1S/C7H4ClF5N2O2/c1-15-4(8)2(6(9,10)5(16)17)3(14-15)7(11,12)13/h1H3,(H,16,17). The number of nitrogens with zero attached hydrogens (tertiary/aromatic N) is 2. The lowest BCUT2D eigenvalue weighted by Gasteiger charge is -2.13. The van der Waals surface area contributed by atoms with Gasteiger partial charge in [-0.2, -0.15) is 27.1 Å². The van der Waals surface area contributed by atoms with Crippen LogP contribution in [0.2, 0.25) is 5.15 Å². The SMILES string of the molecule is Cn1nc(C(F)(F)F)c(C(F)(F)C(=O)O)c1Cl. The number of alkyl halides is 5. The number of halogens is 6. The number of carboxylic acid groups (broad SMARTS) is 1. The van der Waals surface area contributed by atoms with Gasteiger partial charge in [-0.1, -0.05) is 11.6 Å². The summed E-state index contributed by atoms with van der Waals surface area (Å²) in [6, 6.07) is 0. The highest BCUT2D eigenvalue weighted by Gasteiger charge is 2.52. The third kappa shape index (κ3) is 2.19. The highest BCUT2D eigenvalue weighted by atomic mass is 35.5. The number of aliphatic carboxylic acids is 1. The number of rotatable bonds is 2. The molecule has 0 unspecified atom stereocenters. The van der Waals surface area contributed by atoms with Crippen LogP contribution in [0.1, 0.15) is 11.3 Å². The molecule has 0 radical (unpaired) electrons. The first-order chi connectivity index (χ1) is 7.49. The largest absolute Gasteiger partial charge is 0.477 e. The lowest BCUT2D eigenvalue weighted by molar-refractivity contribution is -0.169. The van der Waals surface area contributed by atoms with Crippen molar-refractivity contribution in [3.63, 3.8) is 0 Å². The smallest absolute Gasteiger partial charge is 0.435 e. The van der Waals surface area contributed by atoms with Crippen molar-refractivity contribution in [3.05, 3.63) is 16.4 Å². The molecule has 96 valence electrons. The molecule has 0 bridgehead atoms. The number of hydrogen-bond acceptors (Lipinski definition) is 2. The molecule has 0 spiro atoms. The van der Waals surface area contributed by atoms with Crippen molar-refractivity contribution >= 4 is 17.6 Å². The topological polar surface area (TPSA) is 55.1 Å². The lowest BCUT2D eigenvalue weighted by atomic mass is 10.1. The minimum Gasteiger partial charge on any atom is -0.477 e. The molecule has 0 aliphatic rings. The van der Waals surface area contributed by atoms with E-state index in [1.54, 1.807) is 0 Å². The number of carboxylic acids is 1. The van der Waals surface area contributed by atoms with Crippen LogP contribution >= 0.6 is 11.6 Å². The van der Waals surface area contributed by atoms with Crippen LogP contribution in [0.3, 0.4) is 0 Å². The van der Waals surface area contributed by atoms with E-state index < -0.39 is 34.5 Å². The fourth-order valence-electron chi connectivity index (χ4n) is 1.09. The van der Waals surface area contributed by atoms with Gasteiger partial charge in [-0.3, -0.25) is 4.68 Å². The summed E-state index contributed by atoms with van der Waals surface area (Å²) in [5.41, 5.74) is -3.88. The van der Waals surface area contributed by atoms with Crippen molar-refractivity contribution in [3.8, 4) is 0 Å². The first kappa shape index (κ1) is 13.7. The molecule has 0 aromatic carbocycles. The molecule has 0 amide bonds. The Morgan fingerprint density at radius 2 is 1.82 bits per heavy atom. The minimum atomic E-state index is -5.22. The van der Waals surface area contributed by atoms with Gasteiger partial charge in [-0.15, -0.1) is 0 Å². The number of aryl methyl sites for hydroxylation is 1. The van der Waals surface area contributed by atoms with E-state index in [1.807, 2.05) is 0 Å². The average Bonchev–Trinajstić information content (AvgIpc) is 2.42. The molecule has 1 heterocycles. The predicted molar refractivity (Wildman–Crippen MR) is 44.7 cm³/mol. The molecule has 1 aromatic heterocycles. The van der Waals surface area contributed by atoms with E-state index in [-0.39, 0.29) is 0 Å². The van der Waals surface area contributed by atoms with E-state index in [0.29, 0.717) is 4.68 Å². The first-order valence-electron chi connectivity index (χ1n) is 3.91. The molecule has 1 N–H and O–H groups in total. The van der Waals surface area contributed by atoms with E-state index in [0.717, 1.165) is 7.05 Å². The molecule has 0 saturated heterocycles. The van der Waals surface area contributed by atoms with Crippen LogP contribution in [0.15, 0.2) is 0 Å². The zero-order chi connectivity index (χ0) is 13.6. The summed E-state index contributed by atoms with van der Waals surface area (Å²) in [6.45, 7) is 0. The van der Waals surface area contributed by atoms with Gasteiger partial charge in [-0.25, -0.2) is 4.79 Å². The van der Waals surface area contributed by atoms with Gasteiger partial charge in [0, 0.05) is 7.05 Å². The van der Waals surface area contributed by atoms with E-state index in [1.165, 1.54) is 0 Å². The molecule has 1 aromatic rings. The van der Waals surface area contributed by atoms with Gasteiger partial charge >= 0.3 is 18.1 Å². The Morgan fingerprint density at radius 1 is 1.35 bits per heavy atom. The molecule has 4 nitrogen and oxygen atoms in total. The Kier molecular flexibility index (Phi) is 3.08. The van der Waals surface area contributed by atoms with Gasteiger partial charge in [0.15, 0.2) is 5.69 Å². The maximum atomic E-state index is 13.1. The van der Waals surface area contributed by atoms with Crippen LogP contribution in [0, 0.1) is 0 Å². The Labute approximate surface area is 95.6 Å². The Balaban J connectivity index is 3.58. The van der Waals surface area contributed by atoms with Gasteiger partial charge < -0.3 is 5.11 Å². The zero-order valence-electron chi connectivity index (χ0n) is 8.02. The molecule has 0 aliphatic heterocycles. The maximum absolute atomic E-state index is 13.1. The Hall–Kier alpha value is -1.38. The van der Waals surface area contributed by atoms with Crippen molar-refractivity contribution in [2.75, 3.05) is 0 Å². The van der Waals surface area contributed by atoms with Gasteiger partial charge in [-0.05, 0) is 0 Å². The normalized spacial score (nSPS) is 12.9. The summed E-state index contributed by atoms with van der Waals surface area (Å²) in [4.78, 5) is 10.2. The summed E-state index contributed by atoms with van der Waals surface area (Å²) in [5.74, 6) is -7.51. The minimum absolute atomic E-state index is 0.330. The Morgan fingerprint density at radius 3 is 2.18 bits per heavy atom. The number of hydrogen-bond donors (Lipinski definition) is 1. The predicted octanol–water partition coefficient (Wildman–Crippen LogP) is 2.27. The third-order valence-corrected chi connectivity index (χ3v) is 2.26. The quantitative estimate of drug-likeness (QED) is 0.844. The van der Waals surface area contributed by atoms with Gasteiger partial charge in [0.05, 0.1) is 0 Å². The molecule has 17 heavy (non-hydrogen) atoms. The maximum Gasteiger partial charge on any atom is 0.435 e. The molecule has 0 saturated carbocycles. The highest BCUT2D eigenvalue weighted by Crippen LogP contribution is 2.42. The van der Waals surface area contributed by atoms with Gasteiger partial charge in [0.25, 0.3) is 0 Å². The van der Waals surface area contributed by atoms with Crippen LogP contribution in [-0.4, -0.2) is 20.9 Å². The van der Waals surface area contributed by atoms with Crippen LogP contribution in [-0.2, 0) is 23.9 Å². The zero-order valence-corrected chi connectivity index (χ0v) is 8.77. The van der Waals surface area contributed by atoms with Crippen molar-refractivity contribution in [2.24, 2.45) is 7.05 Å². The van der Waals surface area contributed by atoms with Crippen molar-refractivity contribution < 1.29 is 31.9 Å². The summed E-state index contributed by atoms with van der Waals surface area (Å²) < 4.78 is 63.7.